The first-order valence-electron chi connectivity index (χ1n) is 11.0. The van der Waals surface area contributed by atoms with E-state index in [2.05, 4.69) is 15.8 Å². The normalized spacial score (nSPS) is 15.4. The number of rotatable bonds is 10. The second-order valence-electron chi connectivity index (χ2n) is 7.77. The van der Waals surface area contributed by atoms with E-state index >= 15 is 0 Å². The third-order valence-electron chi connectivity index (χ3n) is 5.28. The predicted octanol–water partition coefficient (Wildman–Crippen LogP) is 2.59. The molecule has 0 bridgehead atoms. The zero-order chi connectivity index (χ0) is 22.9. The predicted molar refractivity (Wildman–Crippen MR) is 119 cm³/mol. The summed E-state index contributed by atoms with van der Waals surface area (Å²) in [4.78, 5) is 39.0. The van der Waals surface area contributed by atoms with Gasteiger partial charge in [0.1, 0.15) is 12.3 Å². The second-order valence-corrected chi connectivity index (χ2v) is 7.77. The molecule has 1 aliphatic rings. The number of benzene rings is 1. The van der Waals surface area contributed by atoms with E-state index in [1.807, 2.05) is 31.2 Å². The van der Waals surface area contributed by atoms with Crippen molar-refractivity contribution in [2.75, 3.05) is 29.9 Å². The monoisotopic (exact) mass is 442 g/mol. The maximum Gasteiger partial charge on any atom is 0.240 e. The summed E-state index contributed by atoms with van der Waals surface area (Å²) in [7, 11) is 0. The van der Waals surface area contributed by atoms with Gasteiger partial charge in [-0.25, -0.2) is 0 Å². The van der Waals surface area contributed by atoms with Gasteiger partial charge in [0.15, 0.2) is 5.82 Å². The smallest absolute Gasteiger partial charge is 0.240 e. The molecule has 3 amide bonds. The lowest BCUT2D eigenvalue weighted by Gasteiger charge is -2.20. The Kier molecular flexibility index (Phi) is 8.38. The van der Waals surface area contributed by atoms with E-state index < -0.39 is 0 Å². The maximum absolute atomic E-state index is 12.9. The summed E-state index contributed by atoms with van der Waals surface area (Å²) >= 11 is 0. The largest absolute Gasteiger partial charge is 0.376 e. The van der Waals surface area contributed by atoms with Crippen molar-refractivity contribution in [3.05, 3.63) is 41.7 Å². The van der Waals surface area contributed by atoms with Crippen LogP contribution in [0, 0.1) is 6.92 Å². The molecule has 0 radical (unpaired) electrons. The second kappa shape index (κ2) is 11.4. The Balaban J connectivity index is 1.57. The highest BCUT2D eigenvalue weighted by Gasteiger charge is 2.24. The highest BCUT2D eigenvalue weighted by atomic mass is 16.5. The molecule has 172 valence electrons. The van der Waals surface area contributed by atoms with Crippen LogP contribution in [-0.2, 0) is 25.5 Å². The average Bonchev–Trinajstić information content (AvgIpc) is 3.46. The molecular weight excluding hydrogens is 412 g/mol. The van der Waals surface area contributed by atoms with Crippen molar-refractivity contribution >= 4 is 29.2 Å². The molecule has 32 heavy (non-hydrogen) atoms. The molecule has 9 heteroatoms. The average molecular weight is 443 g/mol. The van der Waals surface area contributed by atoms with Crippen LogP contribution in [0.3, 0.4) is 0 Å². The quantitative estimate of drug-likeness (QED) is 0.585. The van der Waals surface area contributed by atoms with Gasteiger partial charge in [-0.1, -0.05) is 30.3 Å². The molecule has 3 rings (SSSR count). The van der Waals surface area contributed by atoms with Gasteiger partial charge in [0.05, 0.1) is 6.10 Å². The van der Waals surface area contributed by atoms with Crippen molar-refractivity contribution in [2.24, 2.45) is 0 Å². The Bertz CT molecular complexity index is 936. The van der Waals surface area contributed by atoms with E-state index in [1.54, 1.807) is 13.0 Å². The Morgan fingerprint density at radius 1 is 1.19 bits per heavy atom. The molecule has 2 N–H and O–H groups in total. The van der Waals surface area contributed by atoms with Gasteiger partial charge in [-0.2, -0.15) is 0 Å². The first-order chi connectivity index (χ1) is 15.5. The first kappa shape index (κ1) is 23.5. The molecule has 1 aromatic carbocycles. The molecule has 1 aromatic heterocycles. The number of nitrogens with zero attached hydrogens (tertiary/aromatic N) is 2. The number of para-hydroxylation sites is 1. The summed E-state index contributed by atoms with van der Waals surface area (Å²) in [5, 5.41) is 9.53. The van der Waals surface area contributed by atoms with E-state index in [0.717, 1.165) is 30.5 Å². The van der Waals surface area contributed by atoms with Crippen LogP contribution < -0.4 is 15.5 Å². The third-order valence-corrected chi connectivity index (χ3v) is 5.28. The van der Waals surface area contributed by atoms with Crippen molar-refractivity contribution in [1.82, 2.24) is 10.5 Å². The van der Waals surface area contributed by atoms with Crippen LogP contribution in [0.2, 0.25) is 0 Å². The number of aromatic nitrogens is 1. The van der Waals surface area contributed by atoms with Crippen LogP contribution in [0.4, 0.5) is 11.5 Å². The molecule has 2 heterocycles. The summed E-state index contributed by atoms with van der Waals surface area (Å²) in [6.45, 7) is 4.61. The Morgan fingerprint density at radius 3 is 2.69 bits per heavy atom. The lowest BCUT2D eigenvalue weighted by atomic mass is 10.1. The molecular formula is C23H30N4O5. The maximum atomic E-state index is 12.9. The molecule has 1 aliphatic heterocycles. The van der Waals surface area contributed by atoms with E-state index in [0.29, 0.717) is 18.9 Å². The summed E-state index contributed by atoms with van der Waals surface area (Å²) in [5.41, 5.74) is 1.76. The van der Waals surface area contributed by atoms with Gasteiger partial charge in [-0.15, -0.1) is 0 Å². The Labute approximate surface area is 187 Å². The number of amides is 3. The Hall–Kier alpha value is -3.20. The van der Waals surface area contributed by atoms with Gasteiger partial charge < -0.3 is 19.9 Å². The number of nitrogens with one attached hydrogen (secondary N) is 2. The first-order valence-corrected chi connectivity index (χ1v) is 11.0. The van der Waals surface area contributed by atoms with E-state index in [1.165, 1.54) is 4.90 Å². The van der Waals surface area contributed by atoms with E-state index in [4.69, 9.17) is 9.26 Å². The molecule has 1 fully saturated rings. The number of ether oxygens (including phenoxy) is 1. The van der Waals surface area contributed by atoms with Gasteiger partial charge in [-0.3, -0.25) is 19.3 Å². The molecule has 0 aliphatic carbocycles. The fourth-order valence-corrected chi connectivity index (χ4v) is 3.53. The van der Waals surface area contributed by atoms with Crippen LogP contribution in [0.25, 0.3) is 0 Å². The number of carbonyl (C=O) groups is 3. The molecule has 1 saturated heterocycles. The summed E-state index contributed by atoms with van der Waals surface area (Å²) in [6.07, 6.45) is 2.60. The van der Waals surface area contributed by atoms with Gasteiger partial charge in [-0.05, 0) is 37.8 Å². The van der Waals surface area contributed by atoms with Crippen molar-refractivity contribution in [2.45, 2.75) is 52.1 Å². The molecule has 0 saturated carbocycles. The molecule has 0 spiro atoms. The van der Waals surface area contributed by atoms with Crippen LogP contribution >= 0.6 is 0 Å². The van der Waals surface area contributed by atoms with Crippen LogP contribution in [0.15, 0.2) is 34.9 Å². The molecule has 9 nitrogen and oxygen atoms in total. The summed E-state index contributed by atoms with van der Waals surface area (Å²) in [5.74, 6) is -0.207. The van der Waals surface area contributed by atoms with Crippen molar-refractivity contribution < 1.29 is 23.6 Å². The van der Waals surface area contributed by atoms with Gasteiger partial charge in [0.25, 0.3) is 0 Å². The zero-order valence-electron chi connectivity index (χ0n) is 18.6. The third kappa shape index (κ3) is 6.65. The molecule has 0 unspecified atom stereocenters. The molecule has 1 atom stereocenters. The Morgan fingerprint density at radius 2 is 2.00 bits per heavy atom. The lowest BCUT2D eigenvalue weighted by molar-refractivity contribution is -0.125. The number of carbonyl (C=O) groups excluding carboxylic acids is 3. The number of anilines is 2. The zero-order valence-corrected chi connectivity index (χ0v) is 18.6. The van der Waals surface area contributed by atoms with Crippen LogP contribution in [0.5, 0.6) is 0 Å². The highest BCUT2D eigenvalue weighted by molar-refractivity contribution is 6.00. The highest BCUT2D eigenvalue weighted by Crippen LogP contribution is 2.18. The van der Waals surface area contributed by atoms with Crippen LogP contribution in [0.1, 0.15) is 43.9 Å². The van der Waals surface area contributed by atoms with E-state index in [-0.39, 0.29) is 49.0 Å². The number of hydrogen-bond donors (Lipinski definition) is 2. The molecule has 2 aromatic rings. The van der Waals surface area contributed by atoms with Crippen molar-refractivity contribution in [3.8, 4) is 0 Å². The van der Waals surface area contributed by atoms with Crippen molar-refractivity contribution in [1.29, 1.82) is 0 Å². The number of hydrogen-bond acceptors (Lipinski definition) is 6. The summed E-state index contributed by atoms with van der Waals surface area (Å²) < 4.78 is 10.6. The summed E-state index contributed by atoms with van der Waals surface area (Å²) in [6, 6.07) is 9.14. The minimum atomic E-state index is -0.385. The van der Waals surface area contributed by atoms with Crippen LogP contribution in [-0.4, -0.2) is 48.7 Å². The SMILES string of the molecule is CCc1ccccc1NC(=O)CCC(=O)N(CC(=O)NC[C@@H]1CCCO1)c1cc(C)on1. The lowest BCUT2D eigenvalue weighted by Crippen LogP contribution is -2.43. The van der Waals surface area contributed by atoms with Crippen molar-refractivity contribution in [3.63, 3.8) is 0 Å². The van der Waals surface area contributed by atoms with Gasteiger partial charge in [0, 0.05) is 37.7 Å². The van der Waals surface area contributed by atoms with Gasteiger partial charge >= 0.3 is 0 Å². The topological polar surface area (TPSA) is 114 Å². The standard InChI is InChI=1S/C23H30N4O5/c1-3-17-7-4-5-9-19(17)25-21(28)10-11-23(30)27(20-13-16(2)32-26-20)15-22(29)24-14-18-8-6-12-31-18/h4-5,7,9,13,18H,3,6,8,10-12,14-15H2,1-2H3,(H,24,29)(H,25,28)/t18-/m0/s1. The fourth-order valence-electron chi connectivity index (χ4n) is 3.53. The van der Waals surface area contributed by atoms with Gasteiger partial charge in [0.2, 0.25) is 17.7 Å². The fraction of sp³-hybridized carbons (Fsp3) is 0.478. The number of aryl methyl sites for hydroxylation is 2. The minimum Gasteiger partial charge on any atom is -0.376 e. The minimum absolute atomic E-state index is 0.00657. The van der Waals surface area contributed by atoms with E-state index in [9.17, 15) is 14.4 Å².